The van der Waals surface area contributed by atoms with Crippen LogP contribution in [0.25, 0.3) is 12.2 Å². The van der Waals surface area contributed by atoms with Gasteiger partial charge in [0.2, 0.25) is 0 Å². The number of allylic oxidation sites excluding steroid dienone is 1. The van der Waals surface area contributed by atoms with Crippen molar-refractivity contribution >= 4 is 24.1 Å². The van der Waals surface area contributed by atoms with Gasteiger partial charge in [-0.25, -0.2) is 9.59 Å². The van der Waals surface area contributed by atoms with E-state index in [1.54, 1.807) is 13.8 Å². The van der Waals surface area contributed by atoms with Gasteiger partial charge in [0, 0.05) is 5.57 Å². The minimum Gasteiger partial charge on any atom is -0.494 e. The molecule has 0 saturated carbocycles. The molecule has 0 spiro atoms. The summed E-state index contributed by atoms with van der Waals surface area (Å²) in [5, 5.41) is 0. The Kier molecular flexibility index (Phi) is 11.0. The molecule has 0 aliphatic carbocycles. The van der Waals surface area contributed by atoms with Crippen LogP contribution in [-0.2, 0) is 23.8 Å². The van der Waals surface area contributed by atoms with Gasteiger partial charge in [-0.2, -0.15) is 0 Å². The van der Waals surface area contributed by atoms with E-state index in [1.807, 2.05) is 37.3 Å². The van der Waals surface area contributed by atoms with Crippen LogP contribution in [-0.4, -0.2) is 31.8 Å². The van der Waals surface area contributed by atoms with Gasteiger partial charge in [-0.05, 0) is 56.0 Å². The van der Waals surface area contributed by atoms with Crippen LogP contribution >= 0.6 is 0 Å². The van der Waals surface area contributed by atoms with Gasteiger partial charge in [0.15, 0.2) is 0 Å². The molecule has 0 radical (unpaired) electrons. The molecule has 30 heavy (non-hydrogen) atoms. The van der Waals surface area contributed by atoms with E-state index in [-0.39, 0.29) is 18.8 Å². The number of hydrogen-bond acceptors (Lipinski definition) is 5. The molecule has 0 amide bonds. The second kappa shape index (κ2) is 13.2. The lowest BCUT2D eigenvalue weighted by atomic mass is 9.98. The van der Waals surface area contributed by atoms with Crippen LogP contribution in [0.2, 0.25) is 0 Å². The molecule has 0 heterocycles. The Morgan fingerprint density at radius 2 is 1.20 bits per heavy atom. The zero-order valence-electron chi connectivity index (χ0n) is 18.5. The lowest BCUT2D eigenvalue weighted by Crippen LogP contribution is -2.18. The van der Waals surface area contributed by atoms with E-state index in [1.165, 1.54) is 6.08 Å². The van der Waals surface area contributed by atoms with E-state index in [4.69, 9.17) is 14.2 Å². The van der Waals surface area contributed by atoms with Crippen molar-refractivity contribution in [3.8, 4) is 0 Å². The van der Waals surface area contributed by atoms with E-state index in [2.05, 4.69) is 20.1 Å². The van der Waals surface area contributed by atoms with Crippen LogP contribution in [0.5, 0.6) is 0 Å². The van der Waals surface area contributed by atoms with Crippen LogP contribution in [0.4, 0.5) is 0 Å². The fourth-order valence-corrected chi connectivity index (χ4v) is 2.71. The van der Waals surface area contributed by atoms with Crippen molar-refractivity contribution in [3.63, 3.8) is 0 Å². The molecule has 0 aliphatic heterocycles. The zero-order chi connectivity index (χ0) is 22.5. The quantitative estimate of drug-likeness (QED) is 0.113. The molecule has 0 aromatic heterocycles. The summed E-state index contributed by atoms with van der Waals surface area (Å²) in [6.45, 7) is 16.4. The van der Waals surface area contributed by atoms with Gasteiger partial charge in [-0.15, -0.1) is 0 Å². The van der Waals surface area contributed by atoms with Crippen molar-refractivity contribution in [1.82, 2.24) is 0 Å². The first-order chi connectivity index (χ1) is 14.4. The topological polar surface area (TPSA) is 61.8 Å². The molecule has 162 valence electrons. The maximum Gasteiger partial charge on any atom is 0.345 e. The maximum absolute atomic E-state index is 12.1. The Bertz CT molecular complexity index is 703. The second-order valence-electron chi connectivity index (χ2n) is 6.43. The van der Waals surface area contributed by atoms with Crippen LogP contribution in [0.3, 0.4) is 0 Å². The van der Waals surface area contributed by atoms with Crippen molar-refractivity contribution in [1.29, 1.82) is 0 Å². The first kappa shape index (κ1) is 25.0. The number of hydrogen-bond donors (Lipinski definition) is 0. The Morgan fingerprint density at radius 1 is 0.767 bits per heavy atom. The van der Waals surface area contributed by atoms with Crippen LogP contribution < -0.4 is 0 Å². The largest absolute Gasteiger partial charge is 0.494 e. The van der Waals surface area contributed by atoms with Crippen molar-refractivity contribution in [3.05, 3.63) is 71.0 Å². The predicted molar refractivity (Wildman–Crippen MR) is 120 cm³/mol. The van der Waals surface area contributed by atoms with E-state index in [0.717, 1.165) is 29.6 Å². The molecule has 1 rings (SSSR count). The summed E-state index contributed by atoms with van der Waals surface area (Å²) in [5.41, 5.74) is 3.31. The lowest BCUT2D eigenvalue weighted by molar-refractivity contribution is -0.146. The molecule has 0 bridgehead atoms. The molecule has 0 aliphatic rings. The van der Waals surface area contributed by atoms with Gasteiger partial charge in [-0.3, -0.25) is 0 Å². The van der Waals surface area contributed by atoms with Crippen molar-refractivity contribution in [2.24, 2.45) is 0 Å². The molecule has 0 unspecified atom stereocenters. The van der Waals surface area contributed by atoms with Gasteiger partial charge in [-0.1, -0.05) is 50.8 Å². The summed E-state index contributed by atoms with van der Waals surface area (Å²) < 4.78 is 15.5. The SMILES string of the molecule is C=C(CCC)/C(=C\c1ccc(C=C(C(=O)OCC)C(=O)OCC)cc1)C(=C)OCC. The maximum atomic E-state index is 12.1. The summed E-state index contributed by atoms with van der Waals surface area (Å²) in [6, 6.07) is 7.40. The number of benzene rings is 1. The van der Waals surface area contributed by atoms with Crippen LogP contribution in [0.1, 0.15) is 51.7 Å². The number of rotatable bonds is 12. The first-order valence-corrected chi connectivity index (χ1v) is 10.3. The summed E-state index contributed by atoms with van der Waals surface area (Å²) in [7, 11) is 0. The highest BCUT2D eigenvalue weighted by Crippen LogP contribution is 2.25. The van der Waals surface area contributed by atoms with Crippen molar-refractivity contribution in [2.75, 3.05) is 19.8 Å². The molecule has 1 aromatic carbocycles. The number of esters is 2. The monoisotopic (exact) mass is 412 g/mol. The standard InChI is InChI=1S/C25H32O5/c1-7-11-18(5)22(19(6)28-8-2)16-20-12-14-21(15-13-20)17-23(24(26)29-9-3)25(27)30-10-4/h12-17H,5-11H2,1-4H3/b22-16+. The number of carbonyl (C=O) groups is 2. The molecule has 0 N–H and O–H groups in total. The Labute approximate surface area is 179 Å². The summed E-state index contributed by atoms with van der Waals surface area (Å²) in [5.74, 6) is -0.816. The van der Waals surface area contributed by atoms with E-state index in [0.29, 0.717) is 17.9 Å². The normalized spacial score (nSPS) is 10.7. The lowest BCUT2D eigenvalue weighted by Gasteiger charge is -2.14. The van der Waals surface area contributed by atoms with Crippen LogP contribution in [0.15, 0.2) is 59.9 Å². The van der Waals surface area contributed by atoms with Gasteiger partial charge < -0.3 is 14.2 Å². The third-order valence-corrected chi connectivity index (χ3v) is 4.10. The smallest absolute Gasteiger partial charge is 0.345 e. The Morgan fingerprint density at radius 3 is 1.60 bits per heavy atom. The average molecular weight is 413 g/mol. The number of ether oxygens (including phenoxy) is 3. The van der Waals surface area contributed by atoms with E-state index >= 15 is 0 Å². The summed E-state index contributed by atoms with van der Waals surface area (Å²) in [4.78, 5) is 24.2. The summed E-state index contributed by atoms with van der Waals surface area (Å²) in [6.07, 6.45) is 5.27. The Balaban J connectivity index is 3.22. The third-order valence-electron chi connectivity index (χ3n) is 4.10. The molecular formula is C25H32O5. The molecule has 1 aromatic rings. The van der Waals surface area contributed by atoms with Gasteiger partial charge in [0.1, 0.15) is 11.3 Å². The predicted octanol–water partition coefficient (Wildman–Crippen LogP) is 5.49. The molecule has 5 heteroatoms. The average Bonchev–Trinajstić information content (AvgIpc) is 2.71. The molecule has 0 atom stereocenters. The highest BCUT2D eigenvalue weighted by molar-refractivity contribution is 6.17. The Hall–Kier alpha value is -3.08. The van der Waals surface area contributed by atoms with Gasteiger partial charge in [0.25, 0.3) is 0 Å². The molecule has 0 saturated heterocycles. The highest BCUT2D eigenvalue weighted by Gasteiger charge is 2.20. The highest BCUT2D eigenvalue weighted by atomic mass is 16.6. The third kappa shape index (κ3) is 7.74. The van der Waals surface area contributed by atoms with Crippen molar-refractivity contribution < 1.29 is 23.8 Å². The molecule has 5 nitrogen and oxygen atoms in total. The number of carbonyl (C=O) groups excluding carboxylic acids is 2. The fourth-order valence-electron chi connectivity index (χ4n) is 2.71. The van der Waals surface area contributed by atoms with Gasteiger partial charge in [0.05, 0.1) is 19.8 Å². The van der Waals surface area contributed by atoms with Gasteiger partial charge >= 0.3 is 11.9 Å². The minimum absolute atomic E-state index is 0.135. The van der Waals surface area contributed by atoms with E-state index < -0.39 is 11.9 Å². The molecular weight excluding hydrogens is 380 g/mol. The fraction of sp³-hybridized carbons (Fsp3) is 0.360. The molecule has 0 fully saturated rings. The minimum atomic E-state index is -0.703. The first-order valence-electron chi connectivity index (χ1n) is 10.3. The zero-order valence-corrected chi connectivity index (χ0v) is 18.5. The second-order valence-corrected chi connectivity index (χ2v) is 6.43. The summed E-state index contributed by atoms with van der Waals surface area (Å²) >= 11 is 0. The van der Waals surface area contributed by atoms with Crippen molar-refractivity contribution in [2.45, 2.75) is 40.5 Å². The van der Waals surface area contributed by atoms with E-state index in [9.17, 15) is 9.59 Å². The van der Waals surface area contributed by atoms with Crippen LogP contribution in [0, 0.1) is 0 Å².